The van der Waals surface area contributed by atoms with Gasteiger partial charge in [-0.2, -0.15) is 5.26 Å². The second-order valence-corrected chi connectivity index (χ2v) is 13.1. The van der Waals surface area contributed by atoms with E-state index < -0.39 is 13.7 Å². The summed E-state index contributed by atoms with van der Waals surface area (Å²) >= 11 is 3.38. The number of hydrogen-bond donors (Lipinski definition) is 0. The van der Waals surface area contributed by atoms with Crippen LogP contribution in [0, 0.1) is 11.3 Å². The molecule has 0 aliphatic heterocycles. The maximum absolute atomic E-state index is 9.59. The predicted octanol–water partition coefficient (Wildman–Crippen LogP) is 4.79. The zero-order chi connectivity index (χ0) is 15.9. The van der Waals surface area contributed by atoms with Crippen LogP contribution in [0.5, 0.6) is 0 Å². The number of nitrogens with zero attached hydrogens (tertiary/aromatic N) is 2. The summed E-state index contributed by atoms with van der Waals surface area (Å²) in [6.45, 7) is 11.2. The molecular formula is C16H23BrN2OSi. The minimum atomic E-state index is -1.76. The lowest BCUT2D eigenvalue weighted by Crippen LogP contribution is -2.52. The van der Waals surface area contributed by atoms with Crippen LogP contribution in [0.2, 0.25) is 18.1 Å². The van der Waals surface area contributed by atoms with E-state index in [-0.39, 0.29) is 11.1 Å². The third kappa shape index (κ3) is 3.23. The molecule has 0 amide bonds. The van der Waals surface area contributed by atoms with Gasteiger partial charge in [-0.05, 0) is 59.0 Å². The van der Waals surface area contributed by atoms with Gasteiger partial charge < -0.3 is 4.43 Å². The van der Waals surface area contributed by atoms with Crippen LogP contribution >= 0.6 is 15.9 Å². The molecule has 3 nitrogen and oxygen atoms in total. The minimum Gasteiger partial charge on any atom is -0.414 e. The normalized spacial score (nSPS) is 26.0. The SMILES string of the molecule is CC(C)(C)[Si](C)(C)OC1CC(C#N)(c2ccc(Br)cn2)C1. The molecule has 0 bridgehead atoms. The van der Waals surface area contributed by atoms with Gasteiger partial charge in [0.25, 0.3) is 0 Å². The Labute approximate surface area is 137 Å². The van der Waals surface area contributed by atoms with Crippen molar-refractivity contribution in [2.24, 2.45) is 0 Å². The topological polar surface area (TPSA) is 45.9 Å². The van der Waals surface area contributed by atoms with Gasteiger partial charge in [-0.15, -0.1) is 0 Å². The molecule has 1 aromatic heterocycles. The summed E-state index contributed by atoms with van der Waals surface area (Å²) in [5, 5.41) is 9.79. The van der Waals surface area contributed by atoms with Gasteiger partial charge in [0.05, 0.1) is 11.8 Å². The fourth-order valence-corrected chi connectivity index (χ4v) is 4.00. The van der Waals surface area contributed by atoms with E-state index in [9.17, 15) is 5.26 Å². The molecular weight excluding hydrogens is 344 g/mol. The first-order valence-electron chi connectivity index (χ1n) is 7.31. The molecule has 1 saturated carbocycles. The zero-order valence-corrected chi connectivity index (χ0v) is 16.0. The Kier molecular flexibility index (Phi) is 4.36. The van der Waals surface area contributed by atoms with E-state index in [1.165, 1.54) is 0 Å². The predicted molar refractivity (Wildman–Crippen MR) is 90.5 cm³/mol. The molecule has 2 rings (SSSR count). The van der Waals surface area contributed by atoms with Crippen molar-refractivity contribution in [3.63, 3.8) is 0 Å². The Balaban J connectivity index is 2.07. The third-order valence-corrected chi connectivity index (χ3v) is 9.86. The quantitative estimate of drug-likeness (QED) is 0.722. The maximum atomic E-state index is 9.59. The summed E-state index contributed by atoms with van der Waals surface area (Å²) in [6.07, 6.45) is 3.46. The van der Waals surface area contributed by atoms with E-state index in [2.05, 4.69) is 60.8 Å². The number of rotatable bonds is 3. The molecule has 1 aliphatic carbocycles. The lowest BCUT2D eigenvalue weighted by molar-refractivity contribution is 0.0525. The Hall–Kier alpha value is -0.703. The fourth-order valence-electron chi connectivity index (χ4n) is 2.41. The summed E-state index contributed by atoms with van der Waals surface area (Å²) in [7, 11) is -1.76. The van der Waals surface area contributed by atoms with Crippen molar-refractivity contribution < 1.29 is 4.43 Å². The molecule has 0 radical (unpaired) electrons. The number of halogens is 1. The monoisotopic (exact) mass is 366 g/mol. The van der Waals surface area contributed by atoms with Crippen molar-refractivity contribution in [2.75, 3.05) is 0 Å². The molecule has 0 saturated heterocycles. The smallest absolute Gasteiger partial charge is 0.192 e. The van der Waals surface area contributed by atoms with Crippen molar-refractivity contribution >= 4 is 24.2 Å². The fraction of sp³-hybridized carbons (Fsp3) is 0.625. The van der Waals surface area contributed by atoms with E-state index in [0.29, 0.717) is 0 Å². The van der Waals surface area contributed by atoms with Crippen LogP contribution in [0.15, 0.2) is 22.8 Å². The van der Waals surface area contributed by atoms with E-state index >= 15 is 0 Å². The van der Waals surface area contributed by atoms with Crippen LogP contribution in [0.25, 0.3) is 0 Å². The Bertz CT molecular complexity index is 551. The molecule has 1 aliphatic rings. The van der Waals surface area contributed by atoms with Crippen LogP contribution in [-0.2, 0) is 9.84 Å². The van der Waals surface area contributed by atoms with Gasteiger partial charge >= 0.3 is 0 Å². The molecule has 5 heteroatoms. The Morgan fingerprint density at radius 1 is 1.38 bits per heavy atom. The maximum Gasteiger partial charge on any atom is 0.192 e. The molecule has 21 heavy (non-hydrogen) atoms. The average molecular weight is 367 g/mol. The Morgan fingerprint density at radius 3 is 2.43 bits per heavy atom. The van der Waals surface area contributed by atoms with E-state index in [0.717, 1.165) is 23.0 Å². The lowest BCUT2D eigenvalue weighted by Gasteiger charge is -2.48. The van der Waals surface area contributed by atoms with Crippen molar-refractivity contribution in [2.45, 2.75) is 63.3 Å². The Morgan fingerprint density at radius 2 is 2.00 bits per heavy atom. The highest BCUT2D eigenvalue weighted by molar-refractivity contribution is 9.10. The molecule has 1 heterocycles. The highest BCUT2D eigenvalue weighted by Crippen LogP contribution is 2.47. The first kappa shape index (κ1) is 16.7. The summed E-state index contributed by atoms with van der Waals surface area (Å²) in [4.78, 5) is 4.41. The van der Waals surface area contributed by atoms with Crippen molar-refractivity contribution in [1.29, 1.82) is 5.26 Å². The molecule has 1 aromatic rings. The van der Waals surface area contributed by atoms with E-state index in [1.54, 1.807) is 6.20 Å². The minimum absolute atomic E-state index is 0.191. The number of hydrogen-bond acceptors (Lipinski definition) is 3. The number of nitriles is 1. The second kappa shape index (κ2) is 5.49. The second-order valence-electron chi connectivity index (χ2n) is 7.46. The van der Waals surface area contributed by atoms with Gasteiger partial charge in [0.2, 0.25) is 0 Å². The van der Waals surface area contributed by atoms with Crippen molar-refractivity contribution in [3.05, 3.63) is 28.5 Å². The van der Waals surface area contributed by atoms with Gasteiger partial charge in [-0.1, -0.05) is 20.8 Å². The van der Waals surface area contributed by atoms with Gasteiger partial charge in [-0.3, -0.25) is 4.98 Å². The molecule has 0 spiro atoms. The molecule has 114 valence electrons. The average Bonchev–Trinajstić information content (AvgIpc) is 2.33. The van der Waals surface area contributed by atoms with E-state index in [4.69, 9.17) is 4.43 Å². The largest absolute Gasteiger partial charge is 0.414 e. The first-order valence-corrected chi connectivity index (χ1v) is 11.0. The third-order valence-electron chi connectivity index (χ3n) is 4.85. The molecule has 1 fully saturated rings. The van der Waals surface area contributed by atoms with Crippen molar-refractivity contribution in [3.8, 4) is 6.07 Å². The van der Waals surface area contributed by atoms with Gasteiger partial charge in [-0.25, -0.2) is 0 Å². The van der Waals surface area contributed by atoms with Gasteiger partial charge in [0.1, 0.15) is 5.41 Å². The highest BCUT2D eigenvalue weighted by atomic mass is 79.9. The summed E-state index contributed by atoms with van der Waals surface area (Å²) < 4.78 is 7.33. The van der Waals surface area contributed by atoms with Crippen LogP contribution in [0.1, 0.15) is 39.3 Å². The molecule has 0 atom stereocenters. The van der Waals surface area contributed by atoms with Gasteiger partial charge in [0.15, 0.2) is 8.32 Å². The standard InChI is InChI=1S/C16H23BrN2OSi/c1-15(2,3)21(4,5)20-13-8-16(9-13,11-18)14-7-6-12(17)10-19-14/h6-7,10,13H,8-9H2,1-5H3. The molecule has 0 unspecified atom stereocenters. The molecule has 0 aromatic carbocycles. The van der Waals surface area contributed by atoms with Crippen LogP contribution in [-0.4, -0.2) is 19.4 Å². The lowest BCUT2D eigenvalue weighted by atomic mass is 9.65. The zero-order valence-electron chi connectivity index (χ0n) is 13.4. The number of aromatic nitrogens is 1. The van der Waals surface area contributed by atoms with E-state index in [1.807, 2.05) is 12.1 Å². The molecule has 0 N–H and O–H groups in total. The highest BCUT2D eigenvalue weighted by Gasteiger charge is 2.51. The number of pyridine rings is 1. The summed E-state index contributed by atoms with van der Waals surface area (Å²) in [5.41, 5.74) is 0.400. The van der Waals surface area contributed by atoms with Crippen LogP contribution in [0.3, 0.4) is 0 Å². The summed E-state index contributed by atoms with van der Waals surface area (Å²) in [5.74, 6) is 0. The van der Waals surface area contributed by atoms with Gasteiger partial charge in [0, 0.05) is 16.8 Å². The van der Waals surface area contributed by atoms with Crippen LogP contribution in [0.4, 0.5) is 0 Å². The van der Waals surface area contributed by atoms with Crippen molar-refractivity contribution in [1.82, 2.24) is 4.98 Å². The first-order chi connectivity index (χ1) is 9.60. The van der Waals surface area contributed by atoms with Crippen LogP contribution < -0.4 is 0 Å². The summed E-state index contributed by atoms with van der Waals surface area (Å²) in [6, 6.07) is 6.35.